The Morgan fingerprint density at radius 3 is 2.67 bits per heavy atom. The number of nitrogens with zero attached hydrogens (tertiary/aromatic N) is 2. The molecule has 6 heteroatoms. The van der Waals surface area contributed by atoms with Crippen LogP contribution < -0.4 is 0 Å². The number of ether oxygens (including phenoxy) is 1. The minimum Gasteiger partial charge on any atom is -0.441 e. The highest BCUT2D eigenvalue weighted by Gasteiger charge is 2.48. The first-order chi connectivity index (χ1) is 10.0. The topological polar surface area (TPSA) is 70.1 Å². The molecule has 0 aliphatic carbocycles. The lowest BCUT2D eigenvalue weighted by Crippen LogP contribution is -2.49. The van der Waals surface area contributed by atoms with Crippen LogP contribution in [0.4, 0.5) is 4.79 Å². The van der Waals surface area contributed by atoms with Crippen LogP contribution in [0.1, 0.15) is 46.0 Å². The standard InChI is InChI=1S/C15H26N2O4/c1-3-4-12(2)17-11-15(21-14(17)20)6-8-16(9-7-15)13(19)5-10-18/h12,18H,3-11H2,1-2H3/t12-/m0/s1. The molecule has 2 fully saturated rings. The first kappa shape index (κ1) is 16.1. The van der Waals surface area contributed by atoms with Crippen LogP contribution in [0.25, 0.3) is 0 Å². The molecule has 0 saturated carbocycles. The van der Waals surface area contributed by atoms with Crippen molar-refractivity contribution in [3.05, 3.63) is 0 Å². The quantitative estimate of drug-likeness (QED) is 0.832. The second-order valence-corrected chi connectivity index (χ2v) is 6.17. The van der Waals surface area contributed by atoms with E-state index < -0.39 is 5.60 Å². The van der Waals surface area contributed by atoms with Gasteiger partial charge in [0.25, 0.3) is 0 Å². The average molecular weight is 298 g/mol. The maximum absolute atomic E-state index is 12.1. The molecule has 0 unspecified atom stereocenters. The van der Waals surface area contributed by atoms with Crippen LogP contribution in [0, 0.1) is 0 Å². The van der Waals surface area contributed by atoms with Crippen LogP contribution in [0.3, 0.4) is 0 Å². The zero-order chi connectivity index (χ0) is 15.5. The maximum atomic E-state index is 12.1. The van der Waals surface area contributed by atoms with Gasteiger partial charge in [-0.25, -0.2) is 4.79 Å². The van der Waals surface area contributed by atoms with E-state index in [2.05, 4.69) is 13.8 Å². The predicted octanol–water partition coefficient (Wildman–Crippen LogP) is 1.37. The van der Waals surface area contributed by atoms with Crippen LogP contribution in [-0.4, -0.2) is 64.8 Å². The van der Waals surface area contributed by atoms with Crippen LogP contribution in [-0.2, 0) is 9.53 Å². The number of rotatable bonds is 5. The van der Waals surface area contributed by atoms with Gasteiger partial charge in [0.2, 0.25) is 5.91 Å². The molecular formula is C15H26N2O4. The summed E-state index contributed by atoms with van der Waals surface area (Å²) in [4.78, 5) is 27.4. The highest BCUT2D eigenvalue weighted by Crippen LogP contribution is 2.34. The van der Waals surface area contributed by atoms with Gasteiger partial charge in [-0.1, -0.05) is 13.3 Å². The molecule has 1 spiro atoms. The van der Waals surface area contributed by atoms with E-state index >= 15 is 0 Å². The molecule has 2 aliphatic rings. The lowest BCUT2D eigenvalue weighted by Gasteiger charge is -2.37. The van der Waals surface area contributed by atoms with E-state index in [1.165, 1.54) is 0 Å². The van der Waals surface area contributed by atoms with Crippen molar-refractivity contribution >= 4 is 12.0 Å². The summed E-state index contributed by atoms with van der Waals surface area (Å²) in [6.07, 6.45) is 3.35. The van der Waals surface area contributed by atoms with Gasteiger partial charge >= 0.3 is 6.09 Å². The zero-order valence-corrected chi connectivity index (χ0v) is 13.0. The zero-order valence-electron chi connectivity index (χ0n) is 13.0. The first-order valence-corrected chi connectivity index (χ1v) is 7.89. The molecule has 0 aromatic rings. The van der Waals surface area contributed by atoms with Gasteiger partial charge < -0.3 is 19.6 Å². The van der Waals surface area contributed by atoms with E-state index in [1.54, 1.807) is 4.90 Å². The molecule has 2 heterocycles. The third-order valence-electron chi connectivity index (χ3n) is 4.59. The Labute approximate surface area is 126 Å². The summed E-state index contributed by atoms with van der Waals surface area (Å²) in [6.45, 7) is 5.89. The van der Waals surface area contributed by atoms with E-state index in [0.29, 0.717) is 32.5 Å². The number of hydrogen-bond acceptors (Lipinski definition) is 4. The fourth-order valence-electron chi connectivity index (χ4n) is 3.24. The molecule has 0 radical (unpaired) electrons. The SMILES string of the molecule is CCC[C@H](C)N1CC2(CCN(C(=O)CCO)CC2)OC1=O. The molecule has 21 heavy (non-hydrogen) atoms. The van der Waals surface area contributed by atoms with Gasteiger partial charge in [-0.05, 0) is 13.3 Å². The fraction of sp³-hybridized carbons (Fsp3) is 0.867. The summed E-state index contributed by atoms with van der Waals surface area (Å²) in [7, 11) is 0. The Hall–Kier alpha value is -1.30. The second kappa shape index (κ2) is 6.64. The summed E-state index contributed by atoms with van der Waals surface area (Å²) in [5.74, 6) is -0.0205. The number of hydrogen-bond donors (Lipinski definition) is 1. The van der Waals surface area contributed by atoms with E-state index in [9.17, 15) is 9.59 Å². The lowest BCUT2D eigenvalue weighted by molar-refractivity contribution is -0.135. The molecule has 2 saturated heterocycles. The van der Waals surface area contributed by atoms with Gasteiger partial charge in [-0.15, -0.1) is 0 Å². The lowest BCUT2D eigenvalue weighted by atomic mass is 9.91. The Morgan fingerprint density at radius 1 is 1.43 bits per heavy atom. The van der Waals surface area contributed by atoms with Crippen molar-refractivity contribution in [1.29, 1.82) is 0 Å². The molecule has 1 atom stereocenters. The molecule has 6 nitrogen and oxygen atoms in total. The molecule has 0 aromatic heterocycles. The Kier molecular flexibility index (Phi) is 5.08. The molecule has 1 N–H and O–H groups in total. The molecule has 2 rings (SSSR count). The summed E-state index contributed by atoms with van der Waals surface area (Å²) in [6, 6.07) is 0.205. The molecule has 2 amide bonds. The van der Waals surface area contributed by atoms with Crippen LogP contribution >= 0.6 is 0 Å². The van der Waals surface area contributed by atoms with Gasteiger partial charge in [0, 0.05) is 38.4 Å². The number of aliphatic hydroxyl groups is 1. The van der Waals surface area contributed by atoms with Crippen LogP contribution in [0.2, 0.25) is 0 Å². The van der Waals surface area contributed by atoms with Gasteiger partial charge in [-0.3, -0.25) is 4.79 Å². The Bertz CT molecular complexity index is 391. The minimum atomic E-state index is -0.422. The minimum absolute atomic E-state index is 0.0205. The molecule has 0 bridgehead atoms. The van der Waals surface area contributed by atoms with Crippen LogP contribution in [0.5, 0.6) is 0 Å². The average Bonchev–Trinajstić information content (AvgIpc) is 2.77. The first-order valence-electron chi connectivity index (χ1n) is 7.89. The second-order valence-electron chi connectivity index (χ2n) is 6.17. The highest BCUT2D eigenvalue weighted by atomic mass is 16.6. The van der Waals surface area contributed by atoms with Crippen LogP contribution in [0.15, 0.2) is 0 Å². The van der Waals surface area contributed by atoms with E-state index in [1.807, 2.05) is 4.90 Å². The fourth-order valence-corrected chi connectivity index (χ4v) is 3.24. The summed E-state index contributed by atoms with van der Waals surface area (Å²) >= 11 is 0. The molecule has 0 aromatic carbocycles. The molecular weight excluding hydrogens is 272 g/mol. The van der Waals surface area contributed by atoms with Crippen molar-refractivity contribution in [3.8, 4) is 0 Å². The largest absolute Gasteiger partial charge is 0.441 e. The van der Waals surface area contributed by atoms with E-state index in [-0.39, 0.29) is 31.1 Å². The summed E-state index contributed by atoms with van der Waals surface area (Å²) in [5.41, 5.74) is -0.422. The highest BCUT2D eigenvalue weighted by molar-refractivity contribution is 5.76. The monoisotopic (exact) mass is 298 g/mol. The third kappa shape index (κ3) is 3.48. The summed E-state index contributed by atoms with van der Waals surface area (Å²) in [5, 5.41) is 8.83. The molecule has 2 aliphatic heterocycles. The number of amides is 2. The van der Waals surface area contributed by atoms with Gasteiger partial charge in [0.15, 0.2) is 0 Å². The summed E-state index contributed by atoms with van der Waals surface area (Å²) < 4.78 is 5.66. The number of aliphatic hydroxyl groups excluding tert-OH is 1. The Balaban J connectivity index is 1.92. The number of carbonyl (C=O) groups excluding carboxylic acids is 2. The third-order valence-corrected chi connectivity index (χ3v) is 4.59. The van der Waals surface area contributed by atoms with Crippen molar-refractivity contribution in [3.63, 3.8) is 0 Å². The van der Waals surface area contributed by atoms with Crippen molar-refractivity contribution in [1.82, 2.24) is 9.80 Å². The maximum Gasteiger partial charge on any atom is 0.410 e. The van der Waals surface area contributed by atoms with Gasteiger partial charge in [0.1, 0.15) is 5.60 Å². The van der Waals surface area contributed by atoms with Gasteiger partial charge in [-0.2, -0.15) is 0 Å². The number of carbonyl (C=O) groups is 2. The van der Waals surface area contributed by atoms with E-state index in [0.717, 1.165) is 12.8 Å². The van der Waals surface area contributed by atoms with Crippen molar-refractivity contribution < 1.29 is 19.4 Å². The van der Waals surface area contributed by atoms with E-state index in [4.69, 9.17) is 9.84 Å². The normalized spacial score (nSPS) is 22.5. The smallest absolute Gasteiger partial charge is 0.410 e. The van der Waals surface area contributed by atoms with Crippen molar-refractivity contribution in [2.24, 2.45) is 0 Å². The number of piperidine rings is 1. The predicted molar refractivity (Wildman–Crippen MR) is 77.8 cm³/mol. The Morgan fingerprint density at radius 2 is 2.10 bits per heavy atom. The number of likely N-dealkylation sites (tertiary alicyclic amines) is 1. The van der Waals surface area contributed by atoms with Crippen molar-refractivity contribution in [2.45, 2.75) is 57.6 Å². The van der Waals surface area contributed by atoms with Gasteiger partial charge in [0.05, 0.1) is 13.2 Å². The van der Waals surface area contributed by atoms with Crippen molar-refractivity contribution in [2.75, 3.05) is 26.2 Å². The molecule has 120 valence electrons.